The van der Waals surface area contributed by atoms with Crippen molar-refractivity contribution in [1.82, 2.24) is 0 Å². The lowest BCUT2D eigenvalue weighted by Crippen LogP contribution is -2.32. The number of hydrogen-bond acceptors (Lipinski definition) is 4. The molecule has 4 nitrogen and oxygen atoms in total. The van der Waals surface area contributed by atoms with Crippen molar-refractivity contribution in [3.8, 4) is 11.5 Å². The molecular formula is C14H17NO3. The molecule has 96 valence electrons. The van der Waals surface area contributed by atoms with Crippen LogP contribution in [0.5, 0.6) is 11.5 Å². The van der Waals surface area contributed by atoms with Gasteiger partial charge in [0.25, 0.3) is 0 Å². The van der Waals surface area contributed by atoms with E-state index >= 15 is 0 Å². The summed E-state index contributed by atoms with van der Waals surface area (Å²) in [6.45, 7) is 2.50. The first-order valence-electron chi connectivity index (χ1n) is 6.16. The molecule has 0 aliphatic heterocycles. The first kappa shape index (κ1) is 12.7. The summed E-state index contributed by atoms with van der Waals surface area (Å²) in [5, 5.41) is 0. The van der Waals surface area contributed by atoms with Gasteiger partial charge in [-0.15, -0.1) is 0 Å². The van der Waals surface area contributed by atoms with Crippen molar-refractivity contribution in [3.05, 3.63) is 23.8 Å². The smallest absolute Gasteiger partial charge is 0.235 e. The van der Waals surface area contributed by atoms with E-state index in [1.165, 1.54) is 0 Å². The van der Waals surface area contributed by atoms with Gasteiger partial charge in [-0.25, -0.2) is 4.79 Å². The van der Waals surface area contributed by atoms with E-state index in [9.17, 15) is 4.79 Å². The fourth-order valence-electron chi connectivity index (χ4n) is 2.33. The van der Waals surface area contributed by atoms with Gasteiger partial charge in [-0.05, 0) is 38.3 Å². The summed E-state index contributed by atoms with van der Waals surface area (Å²) in [5.41, 5.74) is 0.526. The third-order valence-corrected chi connectivity index (χ3v) is 3.43. The van der Waals surface area contributed by atoms with E-state index in [1.54, 1.807) is 13.2 Å². The zero-order valence-electron chi connectivity index (χ0n) is 10.7. The average Bonchev–Trinajstić information content (AvgIpc) is 2.34. The largest absolute Gasteiger partial charge is 0.497 e. The lowest BCUT2D eigenvalue weighted by Gasteiger charge is -2.38. The van der Waals surface area contributed by atoms with Gasteiger partial charge in [0.15, 0.2) is 0 Å². The van der Waals surface area contributed by atoms with Gasteiger partial charge in [-0.2, -0.15) is 4.99 Å². The molecule has 0 amide bonds. The Morgan fingerprint density at radius 1 is 1.44 bits per heavy atom. The zero-order valence-corrected chi connectivity index (χ0v) is 10.7. The van der Waals surface area contributed by atoms with Crippen molar-refractivity contribution >= 4 is 6.08 Å². The Bertz CT molecular complexity index is 474. The maximum atomic E-state index is 10.6. The fraction of sp³-hybridized carbons (Fsp3) is 0.500. The summed E-state index contributed by atoms with van der Waals surface area (Å²) in [4.78, 5) is 14.6. The van der Waals surface area contributed by atoms with Crippen molar-refractivity contribution in [2.75, 3.05) is 13.7 Å². The number of isocyanates is 1. The molecule has 0 N–H and O–H groups in total. The van der Waals surface area contributed by atoms with Crippen LogP contribution in [0.1, 0.15) is 31.7 Å². The molecule has 2 rings (SSSR count). The second-order valence-electron chi connectivity index (χ2n) is 4.38. The molecule has 0 heterocycles. The Morgan fingerprint density at radius 2 is 2.22 bits per heavy atom. The first-order valence-corrected chi connectivity index (χ1v) is 6.16. The lowest BCUT2D eigenvalue weighted by atomic mass is 9.72. The number of nitrogens with zero attached hydrogens (tertiary/aromatic N) is 1. The Hall–Kier alpha value is -1.80. The molecule has 0 atom stereocenters. The van der Waals surface area contributed by atoms with E-state index in [4.69, 9.17) is 9.47 Å². The standard InChI is InChI=1S/C14H17NO3/c1-3-18-13-9-11(17-2)5-6-12(13)14(15-10-16)7-4-8-14/h5-6,9H,3-4,7-8H2,1-2H3. The van der Waals surface area contributed by atoms with Gasteiger partial charge in [0.1, 0.15) is 17.0 Å². The SMILES string of the molecule is CCOc1cc(OC)ccc1C1(N=C=O)CCC1. The summed E-state index contributed by atoms with van der Waals surface area (Å²) in [5.74, 6) is 1.49. The van der Waals surface area contributed by atoms with E-state index in [0.717, 1.165) is 36.3 Å². The van der Waals surface area contributed by atoms with Crippen LogP contribution >= 0.6 is 0 Å². The van der Waals surface area contributed by atoms with Gasteiger partial charge in [0, 0.05) is 11.6 Å². The third kappa shape index (κ3) is 2.12. The van der Waals surface area contributed by atoms with Gasteiger partial charge in [0.2, 0.25) is 6.08 Å². The monoisotopic (exact) mass is 247 g/mol. The zero-order chi connectivity index (χ0) is 13.0. The first-order chi connectivity index (χ1) is 8.75. The molecule has 4 heteroatoms. The average molecular weight is 247 g/mol. The Kier molecular flexibility index (Phi) is 3.68. The summed E-state index contributed by atoms with van der Waals surface area (Å²) < 4.78 is 10.8. The molecule has 0 aromatic heterocycles. The van der Waals surface area contributed by atoms with Crippen LogP contribution in [0.2, 0.25) is 0 Å². The molecular weight excluding hydrogens is 230 g/mol. The summed E-state index contributed by atoms with van der Waals surface area (Å²) in [7, 11) is 1.62. The Labute approximate surface area is 107 Å². The molecule has 1 aliphatic carbocycles. The normalized spacial score (nSPS) is 16.3. The quantitative estimate of drug-likeness (QED) is 0.593. The van der Waals surface area contributed by atoms with Crippen molar-refractivity contribution in [3.63, 3.8) is 0 Å². The number of benzene rings is 1. The molecule has 0 bridgehead atoms. The minimum absolute atomic E-state index is 0.432. The minimum Gasteiger partial charge on any atom is -0.497 e. The number of methoxy groups -OCH3 is 1. The van der Waals surface area contributed by atoms with Crippen molar-refractivity contribution in [2.45, 2.75) is 31.7 Å². The lowest BCUT2D eigenvalue weighted by molar-refractivity contribution is 0.239. The highest BCUT2D eigenvalue weighted by atomic mass is 16.5. The minimum atomic E-state index is -0.432. The van der Waals surface area contributed by atoms with E-state index in [1.807, 2.05) is 25.1 Å². The molecule has 0 saturated heterocycles. The van der Waals surface area contributed by atoms with Crippen molar-refractivity contribution in [1.29, 1.82) is 0 Å². The maximum absolute atomic E-state index is 10.6. The maximum Gasteiger partial charge on any atom is 0.235 e. The van der Waals surface area contributed by atoms with Gasteiger partial charge in [-0.1, -0.05) is 0 Å². The molecule has 1 aromatic carbocycles. The van der Waals surface area contributed by atoms with Crippen molar-refractivity contribution < 1.29 is 14.3 Å². The van der Waals surface area contributed by atoms with Crippen molar-refractivity contribution in [2.24, 2.45) is 4.99 Å². The van der Waals surface area contributed by atoms with Crippen LogP contribution in [0.3, 0.4) is 0 Å². The van der Waals surface area contributed by atoms with Gasteiger partial charge < -0.3 is 9.47 Å². The fourth-order valence-corrected chi connectivity index (χ4v) is 2.33. The highest BCUT2D eigenvalue weighted by Gasteiger charge is 2.41. The summed E-state index contributed by atoms with van der Waals surface area (Å²) in [6, 6.07) is 5.65. The molecule has 0 unspecified atom stereocenters. The molecule has 0 spiro atoms. The van der Waals surface area contributed by atoms with Crippen LogP contribution in [0.4, 0.5) is 0 Å². The van der Waals surface area contributed by atoms with Crippen LogP contribution < -0.4 is 9.47 Å². The third-order valence-electron chi connectivity index (χ3n) is 3.43. The Balaban J connectivity index is 2.45. The molecule has 1 saturated carbocycles. The van der Waals surface area contributed by atoms with Crippen LogP contribution in [-0.4, -0.2) is 19.8 Å². The van der Waals surface area contributed by atoms with E-state index in [0.29, 0.717) is 6.61 Å². The highest BCUT2D eigenvalue weighted by Crippen LogP contribution is 2.48. The summed E-state index contributed by atoms with van der Waals surface area (Å²) in [6.07, 6.45) is 4.51. The number of ether oxygens (including phenoxy) is 2. The Morgan fingerprint density at radius 3 is 2.72 bits per heavy atom. The van der Waals surface area contributed by atoms with Gasteiger partial charge >= 0.3 is 0 Å². The number of hydrogen-bond donors (Lipinski definition) is 0. The molecule has 1 aliphatic rings. The predicted octanol–water partition coefficient (Wildman–Crippen LogP) is 2.81. The van der Waals surface area contributed by atoms with Crippen LogP contribution in [-0.2, 0) is 10.3 Å². The predicted molar refractivity (Wildman–Crippen MR) is 67.8 cm³/mol. The van der Waals surface area contributed by atoms with Crippen LogP contribution in [0.25, 0.3) is 0 Å². The van der Waals surface area contributed by atoms with Gasteiger partial charge in [0.05, 0.1) is 13.7 Å². The number of carbonyl (C=O) groups excluding carboxylic acids is 1. The number of rotatable bonds is 5. The second kappa shape index (κ2) is 5.23. The van der Waals surface area contributed by atoms with Crippen LogP contribution in [0, 0.1) is 0 Å². The van der Waals surface area contributed by atoms with E-state index < -0.39 is 5.54 Å². The highest BCUT2D eigenvalue weighted by molar-refractivity contribution is 5.48. The molecule has 18 heavy (non-hydrogen) atoms. The molecule has 1 aromatic rings. The molecule has 0 radical (unpaired) electrons. The molecule has 1 fully saturated rings. The summed E-state index contributed by atoms with van der Waals surface area (Å²) >= 11 is 0. The van der Waals surface area contributed by atoms with E-state index in [-0.39, 0.29) is 0 Å². The van der Waals surface area contributed by atoms with Crippen LogP contribution in [0.15, 0.2) is 23.2 Å². The second-order valence-corrected chi connectivity index (χ2v) is 4.38. The van der Waals surface area contributed by atoms with Gasteiger partial charge in [-0.3, -0.25) is 0 Å². The topological polar surface area (TPSA) is 47.9 Å². The number of aliphatic imine (C=N–C) groups is 1. The van der Waals surface area contributed by atoms with E-state index in [2.05, 4.69) is 4.99 Å².